The van der Waals surface area contributed by atoms with Gasteiger partial charge in [0.15, 0.2) is 0 Å². The number of hydrogen-bond donors (Lipinski definition) is 1. The summed E-state index contributed by atoms with van der Waals surface area (Å²) in [6.07, 6.45) is -0.362. The molecule has 0 saturated carbocycles. The highest BCUT2D eigenvalue weighted by molar-refractivity contribution is 7.57. The Bertz CT molecular complexity index is 301. The molecule has 0 aromatic heterocycles. The standard InChI is InChI=1S/C8H14NO4P/c1-5-6(2)8(11)9(7(5)10)4-14(3,12)13/h5-6H,4H2,1-3H3,(H,12,13). The average molecular weight is 219 g/mol. The molecule has 1 saturated heterocycles. The van der Waals surface area contributed by atoms with Crippen LogP contribution < -0.4 is 0 Å². The second kappa shape index (κ2) is 3.48. The lowest BCUT2D eigenvalue weighted by atomic mass is 10.00. The first kappa shape index (κ1) is 11.4. The van der Waals surface area contributed by atoms with Crippen LogP contribution in [0.3, 0.4) is 0 Å². The van der Waals surface area contributed by atoms with E-state index in [-0.39, 0.29) is 29.9 Å². The first-order valence-electron chi connectivity index (χ1n) is 4.38. The van der Waals surface area contributed by atoms with Gasteiger partial charge in [0.25, 0.3) is 0 Å². The van der Waals surface area contributed by atoms with E-state index in [1.165, 1.54) is 0 Å². The van der Waals surface area contributed by atoms with Crippen molar-refractivity contribution in [1.29, 1.82) is 0 Å². The van der Waals surface area contributed by atoms with Crippen LogP contribution in [-0.4, -0.2) is 34.6 Å². The molecule has 5 nitrogen and oxygen atoms in total. The van der Waals surface area contributed by atoms with Gasteiger partial charge >= 0.3 is 0 Å². The van der Waals surface area contributed by atoms with Crippen LogP contribution in [0.5, 0.6) is 0 Å². The second-order valence-electron chi connectivity index (χ2n) is 3.87. The zero-order chi connectivity index (χ0) is 11.1. The summed E-state index contributed by atoms with van der Waals surface area (Å²) in [5, 5.41) is 0. The Balaban J connectivity index is 2.86. The fourth-order valence-corrected chi connectivity index (χ4v) is 2.23. The summed E-state index contributed by atoms with van der Waals surface area (Å²) in [4.78, 5) is 32.9. The van der Waals surface area contributed by atoms with E-state index in [0.717, 1.165) is 11.6 Å². The van der Waals surface area contributed by atoms with Gasteiger partial charge in [-0.05, 0) is 0 Å². The smallest absolute Gasteiger partial charge is 0.233 e. The van der Waals surface area contributed by atoms with Gasteiger partial charge < -0.3 is 4.89 Å². The highest BCUT2D eigenvalue weighted by Crippen LogP contribution is 2.39. The Labute approximate surface area is 82.5 Å². The Morgan fingerprint density at radius 2 is 1.64 bits per heavy atom. The molecule has 0 spiro atoms. The molecular weight excluding hydrogens is 205 g/mol. The van der Waals surface area contributed by atoms with E-state index in [9.17, 15) is 14.2 Å². The van der Waals surface area contributed by atoms with Gasteiger partial charge in [0.2, 0.25) is 19.2 Å². The summed E-state index contributed by atoms with van der Waals surface area (Å²) in [6.45, 7) is 4.45. The number of nitrogens with zero attached hydrogens (tertiary/aromatic N) is 1. The van der Waals surface area contributed by atoms with Gasteiger partial charge in [0.1, 0.15) is 6.29 Å². The van der Waals surface area contributed by atoms with Crippen LogP contribution in [0, 0.1) is 11.8 Å². The number of rotatable bonds is 2. The molecule has 0 aliphatic carbocycles. The van der Waals surface area contributed by atoms with Crippen molar-refractivity contribution < 1.29 is 19.0 Å². The van der Waals surface area contributed by atoms with E-state index >= 15 is 0 Å². The van der Waals surface area contributed by atoms with Crippen LogP contribution in [0.2, 0.25) is 0 Å². The summed E-state index contributed by atoms with van der Waals surface area (Å²) in [7, 11) is -3.36. The van der Waals surface area contributed by atoms with Crippen molar-refractivity contribution in [1.82, 2.24) is 4.90 Å². The van der Waals surface area contributed by atoms with E-state index < -0.39 is 7.37 Å². The van der Waals surface area contributed by atoms with Crippen molar-refractivity contribution in [2.45, 2.75) is 13.8 Å². The Kier molecular flexibility index (Phi) is 2.83. The predicted molar refractivity (Wildman–Crippen MR) is 50.8 cm³/mol. The van der Waals surface area contributed by atoms with Crippen molar-refractivity contribution in [3.63, 3.8) is 0 Å². The molecule has 1 aliphatic heterocycles. The van der Waals surface area contributed by atoms with E-state index in [0.29, 0.717) is 0 Å². The fraction of sp³-hybridized carbons (Fsp3) is 0.750. The lowest BCUT2D eigenvalue weighted by molar-refractivity contribution is -0.138. The van der Waals surface area contributed by atoms with Crippen LogP contribution in [0.15, 0.2) is 0 Å². The van der Waals surface area contributed by atoms with Crippen LogP contribution >= 0.6 is 7.37 Å². The number of likely N-dealkylation sites (tertiary alicyclic amines) is 1. The van der Waals surface area contributed by atoms with Crippen molar-refractivity contribution >= 4 is 19.2 Å². The van der Waals surface area contributed by atoms with Crippen LogP contribution in [-0.2, 0) is 14.2 Å². The maximum atomic E-state index is 11.5. The van der Waals surface area contributed by atoms with E-state index in [2.05, 4.69) is 0 Å². The molecule has 3 unspecified atom stereocenters. The van der Waals surface area contributed by atoms with Crippen LogP contribution in [0.1, 0.15) is 13.8 Å². The molecule has 1 rings (SSSR count). The largest absolute Gasteiger partial charge is 0.343 e. The molecule has 0 bridgehead atoms. The Morgan fingerprint density at radius 3 is 1.93 bits per heavy atom. The second-order valence-corrected chi connectivity index (χ2v) is 6.26. The quantitative estimate of drug-likeness (QED) is 0.541. The van der Waals surface area contributed by atoms with E-state index in [1.807, 2.05) is 0 Å². The van der Waals surface area contributed by atoms with Crippen LogP contribution in [0.4, 0.5) is 0 Å². The molecular formula is C8H14NO4P. The number of amides is 2. The zero-order valence-corrected chi connectivity index (χ0v) is 9.32. The lowest BCUT2D eigenvalue weighted by Gasteiger charge is -2.15. The molecule has 80 valence electrons. The third-order valence-electron chi connectivity index (χ3n) is 2.46. The van der Waals surface area contributed by atoms with Crippen molar-refractivity contribution in [3.8, 4) is 0 Å². The first-order chi connectivity index (χ1) is 6.24. The van der Waals surface area contributed by atoms with Crippen molar-refractivity contribution in [3.05, 3.63) is 0 Å². The monoisotopic (exact) mass is 219 g/mol. The SMILES string of the molecule is CC1C(=O)N(CP(C)(=O)O)C(=O)C1C. The predicted octanol–water partition coefficient (Wildman–Crippen LogP) is 0.485. The van der Waals surface area contributed by atoms with Gasteiger partial charge in [-0.1, -0.05) is 13.8 Å². The number of hydrogen-bond acceptors (Lipinski definition) is 3. The van der Waals surface area contributed by atoms with Gasteiger partial charge in [-0.2, -0.15) is 0 Å². The highest BCUT2D eigenvalue weighted by atomic mass is 31.2. The third kappa shape index (κ3) is 2.04. The Hall–Kier alpha value is -0.670. The third-order valence-corrected chi connectivity index (χ3v) is 3.27. The highest BCUT2D eigenvalue weighted by Gasteiger charge is 2.43. The molecule has 0 aromatic rings. The maximum absolute atomic E-state index is 11.5. The Morgan fingerprint density at radius 1 is 1.29 bits per heavy atom. The molecule has 2 amide bonds. The maximum Gasteiger partial charge on any atom is 0.233 e. The topological polar surface area (TPSA) is 74.7 Å². The molecule has 1 N–H and O–H groups in total. The molecule has 1 heterocycles. The molecule has 0 aromatic carbocycles. The molecule has 1 fully saturated rings. The summed E-state index contributed by atoms with van der Waals surface area (Å²) >= 11 is 0. The average Bonchev–Trinajstić information content (AvgIpc) is 2.20. The molecule has 6 heteroatoms. The minimum absolute atomic E-state index is 0.348. The normalized spacial score (nSPS) is 32.1. The fourth-order valence-electron chi connectivity index (χ4n) is 1.43. The number of imide groups is 1. The van der Waals surface area contributed by atoms with Gasteiger partial charge in [0, 0.05) is 18.5 Å². The van der Waals surface area contributed by atoms with E-state index in [4.69, 9.17) is 4.89 Å². The summed E-state index contributed by atoms with van der Waals surface area (Å²) < 4.78 is 11.1. The zero-order valence-electron chi connectivity index (χ0n) is 8.43. The van der Waals surface area contributed by atoms with Crippen molar-refractivity contribution in [2.24, 2.45) is 11.8 Å². The van der Waals surface area contributed by atoms with E-state index in [1.54, 1.807) is 13.8 Å². The van der Waals surface area contributed by atoms with Gasteiger partial charge in [0.05, 0.1) is 0 Å². The summed E-state index contributed by atoms with van der Waals surface area (Å²) in [5.41, 5.74) is 0. The van der Waals surface area contributed by atoms with Gasteiger partial charge in [-0.3, -0.25) is 19.1 Å². The first-order valence-corrected chi connectivity index (χ1v) is 6.68. The lowest BCUT2D eigenvalue weighted by Crippen LogP contribution is -2.31. The molecule has 3 atom stereocenters. The molecule has 14 heavy (non-hydrogen) atoms. The number of carbonyl (C=O) groups excluding carboxylic acids is 2. The summed E-state index contributed by atoms with van der Waals surface area (Å²) in [6, 6.07) is 0. The number of carbonyl (C=O) groups is 2. The van der Waals surface area contributed by atoms with Crippen molar-refractivity contribution in [2.75, 3.05) is 13.0 Å². The minimum atomic E-state index is -3.36. The van der Waals surface area contributed by atoms with Gasteiger partial charge in [-0.25, -0.2) is 0 Å². The molecule has 0 radical (unpaired) electrons. The summed E-state index contributed by atoms with van der Waals surface area (Å²) in [5.74, 6) is -1.46. The molecule has 1 aliphatic rings. The minimum Gasteiger partial charge on any atom is -0.343 e. The van der Waals surface area contributed by atoms with Crippen LogP contribution in [0.25, 0.3) is 0 Å². The van der Waals surface area contributed by atoms with Gasteiger partial charge in [-0.15, -0.1) is 0 Å².